The van der Waals surface area contributed by atoms with Gasteiger partial charge in [0.15, 0.2) is 5.78 Å². The van der Waals surface area contributed by atoms with Crippen LogP contribution in [0.2, 0.25) is 4.34 Å². The first-order chi connectivity index (χ1) is 10.4. The number of hydrogen-bond donors (Lipinski definition) is 0. The van der Waals surface area contributed by atoms with Crippen molar-refractivity contribution >= 4 is 44.7 Å². The second-order valence-electron chi connectivity index (χ2n) is 4.66. The standard InChI is InChI=1S/C14H10ClNO4S2/c15-13-6-5-11(21-13)10(17)7-8-16-14(18)9-3-1-2-4-12(9)22(16,19)20/h1-6H,7-8H2. The van der Waals surface area contributed by atoms with E-state index < -0.39 is 15.9 Å². The Morgan fingerprint density at radius 1 is 1.18 bits per heavy atom. The van der Waals surface area contributed by atoms with E-state index in [4.69, 9.17) is 11.6 Å². The minimum absolute atomic E-state index is 0.00776. The van der Waals surface area contributed by atoms with E-state index in [1.54, 1.807) is 24.3 Å². The quantitative estimate of drug-likeness (QED) is 0.790. The second kappa shape index (κ2) is 5.49. The summed E-state index contributed by atoms with van der Waals surface area (Å²) in [6.45, 7) is -0.176. The number of ketones is 1. The van der Waals surface area contributed by atoms with Crippen molar-refractivity contribution in [2.45, 2.75) is 11.3 Å². The SMILES string of the molecule is O=C(CCN1C(=O)c2ccccc2S1(=O)=O)c1ccc(Cl)s1. The van der Waals surface area contributed by atoms with Crippen molar-refractivity contribution < 1.29 is 18.0 Å². The lowest BCUT2D eigenvalue weighted by Gasteiger charge is -2.14. The molecule has 0 fully saturated rings. The molecule has 1 aromatic carbocycles. The van der Waals surface area contributed by atoms with Crippen LogP contribution in [-0.2, 0) is 10.0 Å². The van der Waals surface area contributed by atoms with Crippen LogP contribution in [0.25, 0.3) is 0 Å². The lowest BCUT2D eigenvalue weighted by Crippen LogP contribution is -2.32. The topological polar surface area (TPSA) is 71.5 Å². The third-order valence-corrected chi connectivity index (χ3v) is 6.41. The maximum atomic E-state index is 12.3. The molecule has 0 saturated carbocycles. The van der Waals surface area contributed by atoms with Crippen molar-refractivity contribution in [3.8, 4) is 0 Å². The van der Waals surface area contributed by atoms with E-state index in [9.17, 15) is 18.0 Å². The predicted molar refractivity (Wildman–Crippen MR) is 82.9 cm³/mol. The number of thiophene rings is 1. The summed E-state index contributed by atoms with van der Waals surface area (Å²) in [5.41, 5.74) is 0.147. The molecule has 0 N–H and O–H groups in total. The molecule has 0 spiro atoms. The van der Waals surface area contributed by atoms with Gasteiger partial charge in [0.2, 0.25) is 0 Å². The molecule has 1 aromatic heterocycles. The molecule has 114 valence electrons. The second-order valence-corrected chi connectivity index (χ2v) is 8.20. The Bertz CT molecular complexity index is 872. The Morgan fingerprint density at radius 2 is 1.91 bits per heavy atom. The van der Waals surface area contributed by atoms with Crippen molar-refractivity contribution in [1.29, 1.82) is 0 Å². The van der Waals surface area contributed by atoms with Gasteiger partial charge in [0.05, 0.1) is 14.8 Å². The molecule has 2 heterocycles. The van der Waals surface area contributed by atoms with Crippen LogP contribution in [0.4, 0.5) is 0 Å². The number of hydrogen-bond acceptors (Lipinski definition) is 5. The Balaban J connectivity index is 1.80. The van der Waals surface area contributed by atoms with Gasteiger partial charge in [0.1, 0.15) is 4.90 Å². The zero-order valence-corrected chi connectivity index (χ0v) is 13.5. The maximum absolute atomic E-state index is 12.3. The van der Waals surface area contributed by atoms with Crippen LogP contribution in [-0.4, -0.2) is 31.0 Å². The largest absolute Gasteiger partial charge is 0.293 e. The van der Waals surface area contributed by atoms with Crippen molar-refractivity contribution in [2.24, 2.45) is 0 Å². The molecule has 22 heavy (non-hydrogen) atoms. The fourth-order valence-corrected chi connectivity index (χ4v) is 4.82. The summed E-state index contributed by atoms with van der Waals surface area (Å²) in [5, 5.41) is 0. The van der Waals surface area contributed by atoms with Crippen molar-refractivity contribution in [3.63, 3.8) is 0 Å². The van der Waals surface area contributed by atoms with Gasteiger partial charge in [-0.25, -0.2) is 12.7 Å². The summed E-state index contributed by atoms with van der Waals surface area (Å²) >= 11 is 6.90. The van der Waals surface area contributed by atoms with E-state index in [0.29, 0.717) is 9.21 Å². The van der Waals surface area contributed by atoms with Gasteiger partial charge in [-0.3, -0.25) is 9.59 Å². The van der Waals surface area contributed by atoms with Crippen LogP contribution in [0.3, 0.4) is 0 Å². The molecule has 0 saturated heterocycles. The van der Waals surface area contributed by atoms with Gasteiger partial charge in [-0.1, -0.05) is 23.7 Å². The molecule has 0 unspecified atom stereocenters. The fraction of sp³-hybridized carbons (Fsp3) is 0.143. The Hall–Kier alpha value is -1.70. The molecule has 2 aromatic rings. The van der Waals surface area contributed by atoms with E-state index in [1.807, 2.05) is 0 Å². The first kappa shape index (κ1) is 15.2. The van der Waals surface area contributed by atoms with Crippen molar-refractivity contribution in [2.75, 3.05) is 6.54 Å². The zero-order valence-electron chi connectivity index (χ0n) is 11.2. The third-order valence-electron chi connectivity index (χ3n) is 3.30. The molecule has 1 aliphatic rings. The average molecular weight is 356 g/mol. The van der Waals surface area contributed by atoms with Crippen molar-refractivity contribution in [3.05, 3.63) is 51.2 Å². The summed E-state index contributed by atoms with van der Waals surface area (Å²) in [7, 11) is -3.86. The van der Waals surface area contributed by atoms with E-state index >= 15 is 0 Å². The number of Topliss-reactive ketones (excluding diaryl/α,β-unsaturated/α-hetero) is 1. The molecule has 1 aliphatic heterocycles. The number of amides is 1. The highest BCUT2D eigenvalue weighted by Crippen LogP contribution is 2.30. The molecule has 5 nitrogen and oxygen atoms in total. The van der Waals surface area contributed by atoms with Crippen LogP contribution >= 0.6 is 22.9 Å². The van der Waals surface area contributed by atoms with Gasteiger partial charge in [-0.2, -0.15) is 0 Å². The van der Waals surface area contributed by atoms with Crippen LogP contribution in [0.5, 0.6) is 0 Å². The van der Waals surface area contributed by atoms with Gasteiger partial charge >= 0.3 is 0 Å². The minimum atomic E-state index is -3.86. The molecule has 0 aliphatic carbocycles. The summed E-state index contributed by atoms with van der Waals surface area (Å²) in [6, 6.07) is 9.22. The van der Waals surface area contributed by atoms with Crippen molar-refractivity contribution in [1.82, 2.24) is 4.31 Å². The Labute approximate surface area is 136 Å². The normalized spacial score (nSPS) is 15.9. The van der Waals surface area contributed by atoms with Crippen LogP contribution < -0.4 is 0 Å². The number of halogens is 1. The molecule has 1 amide bonds. The number of benzene rings is 1. The number of sulfonamides is 1. The molecule has 0 radical (unpaired) electrons. The monoisotopic (exact) mass is 355 g/mol. The molecule has 3 rings (SSSR count). The summed E-state index contributed by atoms with van der Waals surface area (Å²) in [6.07, 6.45) is -0.0736. The van der Waals surface area contributed by atoms with Crippen LogP contribution in [0, 0.1) is 0 Å². The van der Waals surface area contributed by atoms with Gasteiger partial charge in [0, 0.05) is 13.0 Å². The van der Waals surface area contributed by atoms with Crippen LogP contribution in [0.1, 0.15) is 26.5 Å². The number of carbonyl (C=O) groups is 2. The summed E-state index contributed by atoms with van der Waals surface area (Å²) in [5.74, 6) is -0.830. The summed E-state index contributed by atoms with van der Waals surface area (Å²) in [4.78, 5) is 24.6. The van der Waals surface area contributed by atoms with E-state index in [2.05, 4.69) is 0 Å². The number of nitrogens with zero attached hydrogens (tertiary/aromatic N) is 1. The Kier molecular flexibility index (Phi) is 3.80. The van der Waals surface area contributed by atoms with Gasteiger partial charge in [-0.05, 0) is 24.3 Å². The first-order valence-electron chi connectivity index (χ1n) is 6.36. The lowest BCUT2D eigenvalue weighted by atomic mass is 10.2. The molecule has 0 atom stereocenters. The zero-order chi connectivity index (χ0) is 15.9. The third kappa shape index (κ3) is 2.45. The maximum Gasteiger partial charge on any atom is 0.269 e. The van der Waals surface area contributed by atoms with E-state index in [-0.39, 0.29) is 29.2 Å². The molecular weight excluding hydrogens is 346 g/mol. The smallest absolute Gasteiger partial charge is 0.269 e. The van der Waals surface area contributed by atoms with Crippen LogP contribution in [0.15, 0.2) is 41.3 Å². The first-order valence-corrected chi connectivity index (χ1v) is 8.99. The highest BCUT2D eigenvalue weighted by atomic mass is 35.5. The molecular formula is C14H10ClNO4S2. The average Bonchev–Trinajstić information content (AvgIpc) is 3.00. The van der Waals surface area contributed by atoms with Gasteiger partial charge in [0.25, 0.3) is 15.9 Å². The number of carbonyl (C=O) groups excluding carboxylic acids is 2. The predicted octanol–water partition coefficient (Wildman–Crippen LogP) is 2.82. The minimum Gasteiger partial charge on any atom is -0.293 e. The fourth-order valence-electron chi connectivity index (χ4n) is 2.24. The molecule has 0 bridgehead atoms. The van der Waals surface area contributed by atoms with E-state index in [0.717, 1.165) is 15.6 Å². The highest BCUT2D eigenvalue weighted by Gasteiger charge is 2.40. The molecule has 8 heteroatoms. The van der Waals surface area contributed by atoms with Gasteiger partial charge < -0.3 is 0 Å². The summed E-state index contributed by atoms with van der Waals surface area (Å²) < 4.78 is 25.9. The van der Waals surface area contributed by atoms with E-state index in [1.165, 1.54) is 12.1 Å². The van der Waals surface area contributed by atoms with Gasteiger partial charge in [-0.15, -0.1) is 11.3 Å². The Morgan fingerprint density at radius 3 is 2.55 bits per heavy atom. The highest BCUT2D eigenvalue weighted by molar-refractivity contribution is 7.90. The number of fused-ring (bicyclic) bond motifs is 1. The number of rotatable bonds is 4. The lowest BCUT2D eigenvalue weighted by molar-refractivity contribution is 0.0860.